The fraction of sp³-hybridized carbons (Fsp3) is 0.0244. The lowest BCUT2D eigenvalue weighted by Gasteiger charge is -2.32. The highest BCUT2D eigenvalue weighted by atomic mass is 32.2. The van der Waals surface area contributed by atoms with E-state index in [4.69, 9.17) is 0 Å². The summed E-state index contributed by atoms with van der Waals surface area (Å²) < 4.78 is 0. The van der Waals surface area contributed by atoms with E-state index < -0.39 is 0 Å². The van der Waals surface area contributed by atoms with Crippen molar-refractivity contribution in [2.75, 3.05) is 0 Å². The van der Waals surface area contributed by atoms with Crippen LogP contribution in [0.3, 0.4) is 0 Å². The molecular weight excluding hydrogens is 525 g/mol. The van der Waals surface area contributed by atoms with Gasteiger partial charge in [0.2, 0.25) is 0 Å². The highest BCUT2D eigenvalue weighted by molar-refractivity contribution is 7.99. The first kappa shape index (κ1) is 22.8. The van der Waals surface area contributed by atoms with Crippen molar-refractivity contribution >= 4 is 22.5 Å². The molecule has 0 saturated heterocycles. The van der Waals surface area contributed by atoms with E-state index in [0.29, 0.717) is 0 Å². The van der Waals surface area contributed by atoms with Crippen LogP contribution in [0, 0.1) is 0 Å². The molecule has 0 atom stereocenters. The van der Waals surface area contributed by atoms with Crippen molar-refractivity contribution in [3.63, 3.8) is 0 Å². The molecule has 0 aromatic heterocycles. The third-order valence-corrected chi connectivity index (χ3v) is 10.8. The van der Waals surface area contributed by atoms with Crippen LogP contribution < -0.4 is 0 Å². The second-order valence-corrected chi connectivity index (χ2v) is 12.6. The Morgan fingerprint density at radius 1 is 0.333 bits per heavy atom. The van der Waals surface area contributed by atoms with Gasteiger partial charge in [0.1, 0.15) is 0 Å². The summed E-state index contributed by atoms with van der Waals surface area (Å²) in [7, 11) is 0. The maximum atomic E-state index is 2.38. The van der Waals surface area contributed by atoms with Crippen molar-refractivity contribution in [1.82, 2.24) is 0 Å². The predicted octanol–water partition coefficient (Wildman–Crippen LogP) is 11.0. The molecule has 0 bridgehead atoms. The summed E-state index contributed by atoms with van der Waals surface area (Å²) in [6.45, 7) is 0. The molecule has 0 N–H and O–H groups in total. The van der Waals surface area contributed by atoms with E-state index in [0.717, 1.165) is 0 Å². The molecule has 7 aromatic carbocycles. The molecule has 0 radical (unpaired) electrons. The van der Waals surface area contributed by atoms with Gasteiger partial charge in [0, 0.05) is 15.2 Å². The number of hydrogen-bond donors (Lipinski definition) is 0. The molecule has 194 valence electrons. The highest BCUT2D eigenvalue weighted by Crippen LogP contribution is 2.64. The minimum Gasteiger partial charge on any atom is -0.0888 e. The van der Waals surface area contributed by atoms with Crippen LogP contribution in [0.5, 0.6) is 0 Å². The Morgan fingerprint density at radius 2 is 0.833 bits per heavy atom. The Morgan fingerprint density at radius 3 is 1.52 bits per heavy atom. The molecular formula is C41H24S. The first-order chi connectivity index (χ1) is 20.9. The standard InChI is InChI=1S/C41H24S/c1-5-19-34-26(11-1)27-12-2-6-20-35(27)41(34)36-21-7-3-13-28(36)33-18-10-17-32(40(33)41)25-23-24-38-39-30(25)15-9-16-31(39)29-14-4-8-22-37(29)42-38/h1-24H. The Balaban J connectivity index is 1.35. The molecule has 10 rings (SSSR count). The molecule has 7 aromatic rings. The molecule has 2 aliphatic carbocycles. The molecule has 42 heavy (non-hydrogen) atoms. The van der Waals surface area contributed by atoms with E-state index in [-0.39, 0.29) is 5.41 Å². The molecule has 3 aliphatic rings. The van der Waals surface area contributed by atoms with Crippen LogP contribution in [-0.2, 0) is 5.41 Å². The lowest BCUT2D eigenvalue weighted by Crippen LogP contribution is -2.26. The summed E-state index contributed by atoms with van der Waals surface area (Å²) in [5.74, 6) is 0. The van der Waals surface area contributed by atoms with Crippen LogP contribution in [0.25, 0.3) is 55.3 Å². The Kier molecular flexibility index (Phi) is 4.41. The molecule has 0 fully saturated rings. The fourth-order valence-corrected chi connectivity index (χ4v) is 9.32. The largest absolute Gasteiger partial charge is 0.0888 e. The fourth-order valence-electron chi connectivity index (χ4n) is 8.19. The van der Waals surface area contributed by atoms with Gasteiger partial charge in [0.15, 0.2) is 0 Å². The van der Waals surface area contributed by atoms with Gasteiger partial charge in [-0.05, 0) is 84.3 Å². The van der Waals surface area contributed by atoms with Crippen molar-refractivity contribution in [3.05, 3.63) is 168 Å². The minimum atomic E-state index is -0.364. The molecule has 0 unspecified atom stereocenters. The quantitative estimate of drug-likeness (QED) is 0.197. The van der Waals surface area contributed by atoms with Gasteiger partial charge in [0.05, 0.1) is 5.41 Å². The van der Waals surface area contributed by atoms with Gasteiger partial charge in [-0.2, -0.15) is 0 Å². The number of benzene rings is 7. The van der Waals surface area contributed by atoms with E-state index in [9.17, 15) is 0 Å². The first-order valence-corrected chi connectivity index (χ1v) is 15.4. The molecule has 1 heterocycles. The van der Waals surface area contributed by atoms with Crippen LogP contribution in [-0.4, -0.2) is 0 Å². The average molecular weight is 549 g/mol. The third-order valence-electron chi connectivity index (χ3n) is 9.70. The van der Waals surface area contributed by atoms with Crippen molar-refractivity contribution in [1.29, 1.82) is 0 Å². The zero-order valence-corrected chi connectivity index (χ0v) is 23.6. The van der Waals surface area contributed by atoms with E-state index in [1.165, 1.54) is 87.3 Å². The van der Waals surface area contributed by atoms with Crippen LogP contribution in [0.4, 0.5) is 0 Å². The summed E-state index contributed by atoms with van der Waals surface area (Å²) in [4.78, 5) is 2.67. The zero-order valence-electron chi connectivity index (χ0n) is 22.8. The van der Waals surface area contributed by atoms with Gasteiger partial charge in [-0.15, -0.1) is 0 Å². The predicted molar refractivity (Wildman–Crippen MR) is 175 cm³/mol. The normalized spacial score (nSPS) is 14.3. The Bertz CT molecular complexity index is 2230. The average Bonchev–Trinajstić information content (AvgIpc) is 3.53. The van der Waals surface area contributed by atoms with Crippen molar-refractivity contribution < 1.29 is 0 Å². The van der Waals surface area contributed by atoms with Gasteiger partial charge < -0.3 is 0 Å². The summed E-state index contributed by atoms with van der Waals surface area (Å²) >= 11 is 1.89. The lowest BCUT2D eigenvalue weighted by atomic mass is 9.68. The number of hydrogen-bond acceptors (Lipinski definition) is 1. The second-order valence-electron chi connectivity index (χ2n) is 11.6. The van der Waals surface area contributed by atoms with E-state index in [1.807, 2.05) is 11.8 Å². The van der Waals surface area contributed by atoms with Crippen LogP contribution >= 0.6 is 11.8 Å². The monoisotopic (exact) mass is 548 g/mol. The molecule has 0 amide bonds. The third kappa shape index (κ3) is 2.66. The van der Waals surface area contributed by atoms with E-state index in [1.54, 1.807) is 0 Å². The smallest absolute Gasteiger partial charge is 0.0731 e. The van der Waals surface area contributed by atoms with Gasteiger partial charge >= 0.3 is 0 Å². The Hall–Kier alpha value is -4.85. The first-order valence-electron chi connectivity index (χ1n) is 14.6. The van der Waals surface area contributed by atoms with Crippen LogP contribution in [0.2, 0.25) is 0 Å². The van der Waals surface area contributed by atoms with Crippen LogP contribution in [0.1, 0.15) is 22.3 Å². The van der Waals surface area contributed by atoms with E-state index >= 15 is 0 Å². The van der Waals surface area contributed by atoms with Gasteiger partial charge in [-0.1, -0.05) is 145 Å². The Labute approximate surface area is 249 Å². The number of fused-ring (bicyclic) bond motifs is 12. The maximum absolute atomic E-state index is 2.38. The summed E-state index contributed by atoms with van der Waals surface area (Å²) in [6.07, 6.45) is 0. The summed E-state index contributed by atoms with van der Waals surface area (Å²) in [6, 6.07) is 54.6. The lowest BCUT2D eigenvalue weighted by molar-refractivity contribution is 0.796. The molecule has 1 aliphatic heterocycles. The maximum Gasteiger partial charge on any atom is 0.0731 e. The highest BCUT2D eigenvalue weighted by Gasteiger charge is 2.52. The summed E-state index contributed by atoms with van der Waals surface area (Å²) in [5.41, 5.74) is 15.9. The van der Waals surface area contributed by atoms with Gasteiger partial charge in [0.25, 0.3) is 0 Å². The minimum absolute atomic E-state index is 0.364. The molecule has 1 spiro atoms. The van der Waals surface area contributed by atoms with Crippen molar-refractivity contribution in [2.24, 2.45) is 0 Å². The van der Waals surface area contributed by atoms with Crippen LogP contribution in [0.15, 0.2) is 155 Å². The summed E-state index contributed by atoms with van der Waals surface area (Å²) in [5, 5.41) is 2.69. The van der Waals surface area contributed by atoms with E-state index in [2.05, 4.69) is 146 Å². The van der Waals surface area contributed by atoms with Gasteiger partial charge in [-0.3, -0.25) is 0 Å². The molecule has 1 heteroatoms. The van der Waals surface area contributed by atoms with Crippen molar-refractivity contribution in [3.8, 4) is 44.5 Å². The molecule has 0 nitrogen and oxygen atoms in total. The van der Waals surface area contributed by atoms with Crippen molar-refractivity contribution in [2.45, 2.75) is 15.2 Å². The SMILES string of the molecule is c1ccc2c(c1)Sc1ccc(-c3cccc4c3C3(c5ccccc5-c5ccccc53)c3ccccc3-4)c3cccc-2c13. The topological polar surface area (TPSA) is 0 Å². The molecule has 0 saturated carbocycles. The second kappa shape index (κ2) is 8.12. The van der Waals surface area contributed by atoms with Gasteiger partial charge in [-0.25, -0.2) is 0 Å². The zero-order chi connectivity index (χ0) is 27.4. The number of rotatable bonds is 1.